The van der Waals surface area contributed by atoms with Crippen molar-refractivity contribution in [3.8, 4) is 5.69 Å². The Morgan fingerprint density at radius 1 is 1.13 bits per heavy atom. The SMILES string of the molecule is Clc1ccccc1-n1ccc([C@H]2OCCN2Cc2ccco2)c1. The van der Waals surface area contributed by atoms with Crippen LogP contribution in [0.15, 0.2) is 65.5 Å². The van der Waals surface area contributed by atoms with Gasteiger partial charge in [-0.25, -0.2) is 0 Å². The highest BCUT2D eigenvalue weighted by Crippen LogP contribution is 2.30. The Morgan fingerprint density at radius 2 is 2.04 bits per heavy atom. The van der Waals surface area contributed by atoms with Crippen LogP contribution in [0, 0.1) is 0 Å². The molecule has 1 aliphatic heterocycles. The monoisotopic (exact) mass is 328 g/mol. The largest absolute Gasteiger partial charge is 0.468 e. The zero-order chi connectivity index (χ0) is 15.6. The number of benzene rings is 1. The van der Waals surface area contributed by atoms with E-state index < -0.39 is 0 Å². The van der Waals surface area contributed by atoms with Crippen LogP contribution in [-0.2, 0) is 11.3 Å². The Morgan fingerprint density at radius 3 is 2.87 bits per heavy atom. The van der Waals surface area contributed by atoms with Crippen LogP contribution in [-0.4, -0.2) is 22.6 Å². The lowest BCUT2D eigenvalue weighted by atomic mass is 10.2. The van der Waals surface area contributed by atoms with Gasteiger partial charge in [-0.1, -0.05) is 23.7 Å². The molecule has 2 aromatic heterocycles. The Hall–Kier alpha value is -2.01. The molecule has 0 bridgehead atoms. The van der Waals surface area contributed by atoms with E-state index in [1.54, 1.807) is 6.26 Å². The highest BCUT2D eigenvalue weighted by molar-refractivity contribution is 6.32. The molecule has 5 heteroatoms. The van der Waals surface area contributed by atoms with E-state index in [1.807, 2.05) is 47.2 Å². The van der Waals surface area contributed by atoms with Gasteiger partial charge in [0, 0.05) is 24.5 Å². The van der Waals surface area contributed by atoms with Gasteiger partial charge in [0.15, 0.2) is 0 Å². The Labute approximate surface area is 139 Å². The third-order valence-electron chi connectivity index (χ3n) is 4.06. The third-order valence-corrected chi connectivity index (χ3v) is 4.38. The zero-order valence-corrected chi connectivity index (χ0v) is 13.3. The smallest absolute Gasteiger partial charge is 0.138 e. The number of nitrogens with zero attached hydrogens (tertiary/aromatic N) is 2. The summed E-state index contributed by atoms with van der Waals surface area (Å²) in [5, 5.41) is 0.731. The Bertz CT molecular complexity index is 782. The fourth-order valence-electron chi connectivity index (χ4n) is 2.95. The topological polar surface area (TPSA) is 30.5 Å². The molecule has 0 aliphatic carbocycles. The van der Waals surface area contributed by atoms with Crippen molar-refractivity contribution < 1.29 is 9.15 Å². The summed E-state index contributed by atoms with van der Waals surface area (Å²) in [5.74, 6) is 0.950. The second-order valence-electron chi connectivity index (χ2n) is 5.58. The van der Waals surface area contributed by atoms with Crippen molar-refractivity contribution in [3.63, 3.8) is 0 Å². The molecule has 0 saturated carbocycles. The van der Waals surface area contributed by atoms with E-state index in [-0.39, 0.29) is 6.23 Å². The molecule has 1 saturated heterocycles. The second-order valence-corrected chi connectivity index (χ2v) is 5.98. The van der Waals surface area contributed by atoms with Gasteiger partial charge < -0.3 is 13.7 Å². The van der Waals surface area contributed by atoms with Crippen molar-refractivity contribution in [1.29, 1.82) is 0 Å². The summed E-state index contributed by atoms with van der Waals surface area (Å²) < 4.78 is 13.4. The maximum atomic E-state index is 6.28. The lowest BCUT2D eigenvalue weighted by Crippen LogP contribution is -2.22. The molecule has 4 nitrogen and oxygen atoms in total. The molecule has 1 aromatic carbocycles. The molecule has 1 fully saturated rings. The number of hydrogen-bond donors (Lipinski definition) is 0. The molecule has 23 heavy (non-hydrogen) atoms. The maximum absolute atomic E-state index is 6.28. The summed E-state index contributed by atoms with van der Waals surface area (Å²) >= 11 is 6.28. The van der Waals surface area contributed by atoms with Crippen LogP contribution in [0.2, 0.25) is 5.02 Å². The number of aromatic nitrogens is 1. The van der Waals surface area contributed by atoms with E-state index in [2.05, 4.69) is 17.2 Å². The lowest BCUT2D eigenvalue weighted by molar-refractivity contribution is 0.0258. The van der Waals surface area contributed by atoms with Gasteiger partial charge in [0.1, 0.15) is 12.0 Å². The van der Waals surface area contributed by atoms with Crippen molar-refractivity contribution in [2.24, 2.45) is 0 Å². The van der Waals surface area contributed by atoms with Gasteiger partial charge in [-0.05, 0) is 30.3 Å². The summed E-state index contributed by atoms with van der Waals surface area (Å²) in [6.45, 7) is 2.36. The average Bonchev–Trinajstić information content (AvgIpc) is 3.28. The standard InChI is InChI=1S/C18H17ClN2O2/c19-16-5-1-2-6-17(16)20-8-7-14(12-20)18-21(9-11-23-18)13-15-4-3-10-22-15/h1-8,10,12,18H,9,11,13H2/t18-/m1/s1. The van der Waals surface area contributed by atoms with Crippen molar-refractivity contribution in [1.82, 2.24) is 9.47 Å². The minimum atomic E-state index is -0.0520. The van der Waals surface area contributed by atoms with E-state index >= 15 is 0 Å². The predicted octanol–water partition coefficient (Wildman–Crippen LogP) is 4.25. The molecule has 0 unspecified atom stereocenters. The van der Waals surface area contributed by atoms with Gasteiger partial charge >= 0.3 is 0 Å². The molecule has 1 aliphatic rings. The number of hydrogen-bond acceptors (Lipinski definition) is 3. The molecular formula is C18H17ClN2O2. The third kappa shape index (κ3) is 2.93. The van der Waals surface area contributed by atoms with Crippen LogP contribution in [0.4, 0.5) is 0 Å². The quantitative estimate of drug-likeness (QED) is 0.717. The van der Waals surface area contributed by atoms with Gasteiger partial charge in [-0.15, -0.1) is 0 Å². The van der Waals surface area contributed by atoms with E-state index in [9.17, 15) is 0 Å². The van der Waals surface area contributed by atoms with Crippen LogP contribution in [0.25, 0.3) is 5.69 Å². The number of rotatable bonds is 4. The van der Waals surface area contributed by atoms with Crippen LogP contribution in [0.5, 0.6) is 0 Å². The first kappa shape index (κ1) is 14.6. The van der Waals surface area contributed by atoms with Crippen molar-refractivity contribution in [3.05, 3.63) is 77.5 Å². The first-order chi connectivity index (χ1) is 11.3. The van der Waals surface area contributed by atoms with Crippen LogP contribution < -0.4 is 0 Å². The summed E-state index contributed by atoms with van der Waals surface area (Å²) in [6.07, 6.45) is 5.74. The Kier molecular flexibility index (Phi) is 3.95. The molecule has 0 radical (unpaired) electrons. The molecule has 0 N–H and O–H groups in total. The first-order valence-corrected chi connectivity index (χ1v) is 8.00. The maximum Gasteiger partial charge on any atom is 0.138 e. The molecular weight excluding hydrogens is 312 g/mol. The van der Waals surface area contributed by atoms with Gasteiger partial charge in [0.2, 0.25) is 0 Å². The highest BCUT2D eigenvalue weighted by atomic mass is 35.5. The van der Waals surface area contributed by atoms with Crippen LogP contribution >= 0.6 is 11.6 Å². The fraction of sp³-hybridized carbons (Fsp3) is 0.222. The zero-order valence-electron chi connectivity index (χ0n) is 12.6. The van der Waals surface area contributed by atoms with Crippen molar-refractivity contribution >= 4 is 11.6 Å². The van der Waals surface area contributed by atoms with Gasteiger partial charge in [0.25, 0.3) is 0 Å². The van der Waals surface area contributed by atoms with Gasteiger partial charge in [-0.2, -0.15) is 0 Å². The van der Waals surface area contributed by atoms with E-state index in [0.29, 0.717) is 0 Å². The predicted molar refractivity (Wildman–Crippen MR) is 88.6 cm³/mol. The average molecular weight is 329 g/mol. The summed E-state index contributed by atoms with van der Waals surface area (Å²) in [6, 6.07) is 13.8. The molecule has 4 rings (SSSR count). The summed E-state index contributed by atoms with van der Waals surface area (Å²) in [4.78, 5) is 2.27. The highest BCUT2D eigenvalue weighted by Gasteiger charge is 2.28. The van der Waals surface area contributed by atoms with Gasteiger partial charge in [0.05, 0.1) is 30.1 Å². The number of ether oxygens (including phenoxy) is 1. The normalized spacial score (nSPS) is 18.6. The van der Waals surface area contributed by atoms with Crippen LogP contribution in [0.1, 0.15) is 17.6 Å². The minimum Gasteiger partial charge on any atom is -0.468 e. The summed E-state index contributed by atoms with van der Waals surface area (Å²) in [7, 11) is 0. The number of para-hydroxylation sites is 1. The van der Waals surface area contributed by atoms with Gasteiger partial charge in [-0.3, -0.25) is 4.90 Å². The molecule has 3 heterocycles. The molecule has 1 atom stereocenters. The minimum absolute atomic E-state index is 0.0520. The summed E-state index contributed by atoms with van der Waals surface area (Å²) in [5.41, 5.74) is 2.09. The first-order valence-electron chi connectivity index (χ1n) is 7.62. The Balaban J connectivity index is 1.57. The van der Waals surface area contributed by atoms with E-state index in [0.717, 1.165) is 41.7 Å². The molecule has 118 valence electrons. The number of furan rings is 1. The molecule has 3 aromatic rings. The van der Waals surface area contributed by atoms with E-state index in [4.69, 9.17) is 20.8 Å². The number of halogens is 1. The van der Waals surface area contributed by atoms with Crippen LogP contribution in [0.3, 0.4) is 0 Å². The van der Waals surface area contributed by atoms with E-state index in [1.165, 1.54) is 0 Å². The lowest BCUT2D eigenvalue weighted by Gasteiger charge is -2.21. The second kappa shape index (κ2) is 6.24. The molecule has 0 spiro atoms. The fourth-order valence-corrected chi connectivity index (χ4v) is 3.18. The van der Waals surface area contributed by atoms with Crippen molar-refractivity contribution in [2.75, 3.05) is 13.2 Å². The molecule has 0 amide bonds. The van der Waals surface area contributed by atoms with Crippen molar-refractivity contribution in [2.45, 2.75) is 12.8 Å².